The Morgan fingerprint density at radius 3 is 2.59 bits per heavy atom. The highest BCUT2D eigenvalue weighted by Crippen LogP contribution is 2.31. The predicted octanol–water partition coefficient (Wildman–Crippen LogP) is 2.79. The standard InChI is InChI=1S/C18H19NO3/c1-13-7-3-4-8-14(13)11-19(2)18(20)17-12-21-15-9-5-6-10-16(15)22-17/h3-10,17H,11-12H2,1-2H3. The minimum atomic E-state index is -0.594. The molecule has 2 aromatic carbocycles. The summed E-state index contributed by atoms with van der Waals surface area (Å²) >= 11 is 0. The van der Waals surface area contributed by atoms with Gasteiger partial charge in [-0.05, 0) is 30.2 Å². The number of para-hydroxylation sites is 2. The molecule has 0 aromatic heterocycles. The summed E-state index contributed by atoms with van der Waals surface area (Å²) < 4.78 is 11.4. The normalized spacial score (nSPS) is 16.2. The van der Waals surface area contributed by atoms with E-state index in [0.717, 1.165) is 5.56 Å². The van der Waals surface area contributed by atoms with Crippen LogP contribution < -0.4 is 9.47 Å². The maximum absolute atomic E-state index is 12.5. The van der Waals surface area contributed by atoms with Gasteiger partial charge in [-0.1, -0.05) is 36.4 Å². The molecule has 0 spiro atoms. The van der Waals surface area contributed by atoms with Crippen LogP contribution in [0, 0.1) is 6.92 Å². The third kappa shape index (κ3) is 2.91. The SMILES string of the molecule is Cc1ccccc1CN(C)C(=O)C1COc2ccccc2O1. The van der Waals surface area contributed by atoms with Crippen LogP contribution in [0.1, 0.15) is 11.1 Å². The van der Waals surface area contributed by atoms with E-state index in [1.54, 1.807) is 11.9 Å². The molecule has 1 amide bonds. The molecule has 0 aliphatic carbocycles. The molecule has 4 heteroatoms. The van der Waals surface area contributed by atoms with Crippen LogP contribution in [-0.4, -0.2) is 30.6 Å². The molecule has 0 radical (unpaired) electrons. The van der Waals surface area contributed by atoms with Crippen LogP contribution in [0.4, 0.5) is 0 Å². The molecule has 1 aliphatic heterocycles. The number of likely N-dealkylation sites (N-methyl/N-ethyl adjacent to an activating group) is 1. The molecule has 1 aliphatic rings. The number of hydrogen-bond acceptors (Lipinski definition) is 3. The highest BCUT2D eigenvalue weighted by Gasteiger charge is 2.29. The Balaban J connectivity index is 1.68. The van der Waals surface area contributed by atoms with E-state index < -0.39 is 6.10 Å². The van der Waals surface area contributed by atoms with Crippen molar-refractivity contribution >= 4 is 5.91 Å². The molecule has 4 nitrogen and oxygen atoms in total. The second-order valence-electron chi connectivity index (χ2n) is 5.49. The molecule has 0 saturated heterocycles. The largest absolute Gasteiger partial charge is 0.485 e. The minimum Gasteiger partial charge on any atom is -0.485 e. The van der Waals surface area contributed by atoms with Gasteiger partial charge in [-0.3, -0.25) is 4.79 Å². The summed E-state index contributed by atoms with van der Waals surface area (Å²) in [7, 11) is 1.79. The van der Waals surface area contributed by atoms with Gasteiger partial charge in [0.25, 0.3) is 5.91 Å². The minimum absolute atomic E-state index is 0.0715. The highest BCUT2D eigenvalue weighted by atomic mass is 16.6. The summed E-state index contributed by atoms with van der Waals surface area (Å²) in [5.41, 5.74) is 2.31. The number of benzene rings is 2. The third-order valence-electron chi connectivity index (χ3n) is 3.83. The fourth-order valence-electron chi connectivity index (χ4n) is 2.51. The van der Waals surface area contributed by atoms with Gasteiger partial charge < -0.3 is 14.4 Å². The van der Waals surface area contributed by atoms with Gasteiger partial charge in [-0.25, -0.2) is 0 Å². The molecule has 3 rings (SSSR count). The fourth-order valence-corrected chi connectivity index (χ4v) is 2.51. The Hall–Kier alpha value is -2.49. The number of carbonyl (C=O) groups excluding carboxylic acids is 1. The first-order valence-corrected chi connectivity index (χ1v) is 7.33. The Kier molecular flexibility index (Phi) is 4.00. The zero-order valence-electron chi connectivity index (χ0n) is 12.8. The van der Waals surface area contributed by atoms with Gasteiger partial charge in [-0.15, -0.1) is 0 Å². The summed E-state index contributed by atoms with van der Waals surface area (Å²) in [5.74, 6) is 1.24. The Morgan fingerprint density at radius 2 is 1.82 bits per heavy atom. The Morgan fingerprint density at radius 1 is 1.14 bits per heavy atom. The van der Waals surface area contributed by atoms with E-state index in [-0.39, 0.29) is 12.5 Å². The number of amides is 1. The number of ether oxygens (including phenoxy) is 2. The van der Waals surface area contributed by atoms with Crippen molar-refractivity contribution in [2.45, 2.75) is 19.6 Å². The number of nitrogens with zero attached hydrogens (tertiary/aromatic N) is 1. The third-order valence-corrected chi connectivity index (χ3v) is 3.83. The zero-order valence-corrected chi connectivity index (χ0v) is 12.8. The topological polar surface area (TPSA) is 38.8 Å². The van der Waals surface area contributed by atoms with E-state index in [0.29, 0.717) is 18.0 Å². The number of carbonyl (C=O) groups is 1. The van der Waals surface area contributed by atoms with Crippen molar-refractivity contribution in [2.24, 2.45) is 0 Å². The second kappa shape index (κ2) is 6.10. The van der Waals surface area contributed by atoms with Gasteiger partial charge in [0, 0.05) is 13.6 Å². The molecule has 2 aromatic rings. The summed E-state index contributed by atoms with van der Waals surface area (Å²) in [6.07, 6.45) is -0.594. The van der Waals surface area contributed by atoms with Gasteiger partial charge in [0.2, 0.25) is 6.10 Å². The molecular weight excluding hydrogens is 278 g/mol. The summed E-state index contributed by atoms with van der Waals surface area (Å²) in [6, 6.07) is 15.5. The molecule has 1 unspecified atom stereocenters. The Labute approximate surface area is 130 Å². The molecule has 0 N–H and O–H groups in total. The first-order valence-electron chi connectivity index (χ1n) is 7.33. The fraction of sp³-hybridized carbons (Fsp3) is 0.278. The van der Waals surface area contributed by atoms with Gasteiger partial charge in [-0.2, -0.15) is 0 Å². The van der Waals surface area contributed by atoms with Crippen molar-refractivity contribution in [3.05, 3.63) is 59.7 Å². The molecule has 1 atom stereocenters. The molecular formula is C18H19NO3. The number of fused-ring (bicyclic) bond motifs is 1. The first-order chi connectivity index (χ1) is 10.6. The van der Waals surface area contributed by atoms with Crippen molar-refractivity contribution in [2.75, 3.05) is 13.7 Å². The lowest BCUT2D eigenvalue weighted by Crippen LogP contribution is -2.44. The monoisotopic (exact) mass is 297 g/mol. The average Bonchev–Trinajstić information content (AvgIpc) is 2.55. The van der Waals surface area contributed by atoms with E-state index in [9.17, 15) is 4.79 Å². The van der Waals surface area contributed by atoms with Gasteiger partial charge in [0.05, 0.1) is 0 Å². The Bertz CT molecular complexity index is 684. The number of rotatable bonds is 3. The van der Waals surface area contributed by atoms with Crippen LogP contribution in [0.5, 0.6) is 11.5 Å². The second-order valence-corrected chi connectivity index (χ2v) is 5.49. The molecule has 0 bridgehead atoms. The maximum atomic E-state index is 12.5. The van der Waals surface area contributed by atoms with Crippen molar-refractivity contribution < 1.29 is 14.3 Å². The van der Waals surface area contributed by atoms with Crippen molar-refractivity contribution in [3.8, 4) is 11.5 Å². The molecule has 0 fully saturated rings. The first kappa shape index (κ1) is 14.4. The predicted molar refractivity (Wildman–Crippen MR) is 84.0 cm³/mol. The van der Waals surface area contributed by atoms with Crippen molar-refractivity contribution in [1.82, 2.24) is 4.90 Å². The van der Waals surface area contributed by atoms with Crippen LogP contribution in [0.2, 0.25) is 0 Å². The molecule has 1 heterocycles. The number of hydrogen-bond donors (Lipinski definition) is 0. The van der Waals surface area contributed by atoms with Gasteiger partial charge >= 0.3 is 0 Å². The maximum Gasteiger partial charge on any atom is 0.267 e. The molecule has 114 valence electrons. The summed E-state index contributed by atoms with van der Waals surface area (Å²) in [4.78, 5) is 14.2. The van der Waals surface area contributed by atoms with Gasteiger partial charge in [0.1, 0.15) is 6.61 Å². The van der Waals surface area contributed by atoms with Crippen LogP contribution in [0.25, 0.3) is 0 Å². The smallest absolute Gasteiger partial charge is 0.267 e. The van der Waals surface area contributed by atoms with E-state index in [2.05, 4.69) is 0 Å². The zero-order chi connectivity index (χ0) is 15.5. The van der Waals surface area contributed by atoms with Crippen LogP contribution in [0.3, 0.4) is 0 Å². The van der Waals surface area contributed by atoms with Crippen LogP contribution >= 0.6 is 0 Å². The van der Waals surface area contributed by atoms with Crippen molar-refractivity contribution in [3.63, 3.8) is 0 Å². The van der Waals surface area contributed by atoms with Crippen molar-refractivity contribution in [1.29, 1.82) is 0 Å². The van der Waals surface area contributed by atoms with E-state index >= 15 is 0 Å². The highest BCUT2D eigenvalue weighted by molar-refractivity contribution is 5.81. The summed E-state index contributed by atoms with van der Waals surface area (Å²) in [6.45, 7) is 2.85. The molecule has 22 heavy (non-hydrogen) atoms. The quantitative estimate of drug-likeness (QED) is 0.874. The van der Waals surface area contributed by atoms with E-state index in [1.807, 2.05) is 55.5 Å². The summed E-state index contributed by atoms with van der Waals surface area (Å²) in [5, 5.41) is 0. The lowest BCUT2D eigenvalue weighted by molar-refractivity contribution is -0.140. The van der Waals surface area contributed by atoms with Crippen LogP contribution in [-0.2, 0) is 11.3 Å². The lowest BCUT2D eigenvalue weighted by Gasteiger charge is -2.29. The van der Waals surface area contributed by atoms with Gasteiger partial charge in [0.15, 0.2) is 11.5 Å². The average molecular weight is 297 g/mol. The number of aryl methyl sites for hydroxylation is 1. The van der Waals surface area contributed by atoms with E-state index in [4.69, 9.17) is 9.47 Å². The lowest BCUT2D eigenvalue weighted by atomic mass is 10.1. The van der Waals surface area contributed by atoms with Crippen LogP contribution in [0.15, 0.2) is 48.5 Å². The van der Waals surface area contributed by atoms with E-state index in [1.165, 1.54) is 5.56 Å². The molecule has 0 saturated carbocycles.